The van der Waals surface area contributed by atoms with Gasteiger partial charge in [-0.05, 0) is 36.3 Å². The maximum atomic E-state index is 11.5. The van der Waals surface area contributed by atoms with Crippen LogP contribution >= 0.6 is 0 Å². The predicted molar refractivity (Wildman–Crippen MR) is 81.5 cm³/mol. The fourth-order valence-electron chi connectivity index (χ4n) is 2.75. The maximum Gasteiger partial charge on any atom is 0.238 e. The van der Waals surface area contributed by atoms with Gasteiger partial charge >= 0.3 is 0 Å². The molecule has 0 saturated heterocycles. The number of hydrogen-bond donors (Lipinski definition) is 3. The van der Waals surface area contributed by atoms with Crippen molar-refractivity contribution in [1.82, 2.24) is 20.6 Å². The molecule has 8 nitrogen and oxygen atoms in total. The molecule has 2 aromatic rings. The van der Waals surface area contributed by atoms with E-state index >= 15 is 0 Å². The summed E-state index contributed by atoms with van der Waals surface area (Å²) in [7, 11) is -3.78. The number of sulfonamides is 1. The molecule has 0 amide bonds. The Hall–Kier alpha value is -2.00. The second-order valence-corrected chi connectivity index (χ2v) is 7.03. The van der Waals surface area contributed by atoms with Crippen LogP contribution in [0.4, 0.5) is 5.69 Å². The predicted octanol–water partition coefficient (Wildman–Crippen LogP) is 1.26. The average molecular weight is 322 g/mol. The first kappa shape index (κ1) is 14.9. The van der Waals surface area contributed by atoms with Gasteiger partial charge in [-0.1, -0.05) is 19.3 Å². The average Bonchev–Trinajstić information content (AvgIpc) is 3.01. The smallest absolute Gasteiger partial charge is 0.238 e. The number of benzene rings is 1. The van der Waals surface area contributed by atoms with Gasteiger partial charge in [0.05, 0.1) is 4.90 Å². The molecule has 0 radical (unpaired) electrons. The van der Waals surface area contributed by atoms with Crippen LogP contribution in [0.2, 0.25) is 0 Å². The Morgan fingerprint density at radius 1 is 1.23 bits per heavy atom. The molecule has 3 rings (SSSR count). The lowest BCUT2D eigenvalue weighted by atomic mass is 9.95. The van der Waals surface area contributed by atoms with Gasteiger partial charge in [0.15, 0.2) is 0 Å². The Balaban J connectivity index is 1.98. The molecule has 1 fully saturated rings. The van der Waals surface area contributed by atoms with Crippen molar-refractivity contribution in [1.29, 1.82) is 0 Å². The summed E-state index contributed by atoms with van der Waals surface area (Å²) in [4.78, 5) is 0.0292. The highest BCUT2D eigenvalue weighted by atomic mass is 32.2. The fraction of sp³-hybridized carbons (Fsp3) is 0.462. The summed E-state index contributed by atoms with van der Waals surface area (Å²) < 4.78 is 23.1. The summed E-state index contributed by atoms with van der Waals surface area (Å²) >= 11 is 0. The number of primary sulfonamides is 1. The third-order valence-electron chi connectivity index (χ3n) is 3.87. The van der Waals surface area contributed by atoms with Crippen molar-refractivity contribution in [3.63, 3.8) is 0 Å². The number of aromatic nitrogens is 4. The Morgan fingerprint density at radius 2 is 2.00 bits per heavy atom. The quantitative estimate of drug-likeness (QED) is 0.777. The normalized spacial score (nSPS) is 16.6. The number of anilines is 1. The van der Waals surface area contributed by atoms with E-state index in [4.69, 9.17) is 5.14 Å². The molecule has 1 saturated carbocycles. The number of aromatic amines is 1. The highest BCUT2D eigenvalue weighted by Gasteiger charge is 2.19. The second-order valence-electron chi connectivity index (χ2n) is 5.47. The molecule has 0 atom stereocenters. The first-order valence-corrected chi connectivity index (χ1v) is 8.76. The largest absolute Gasteiger partial charge is 0.382 e. The molecule has 0 aliphatic heterocycles. The topological polar surface area (TPSA) is 127 Å². The van der Waals surface area contributed by atoms with Gasteiger partial charge in [-0.2, -0.15) is 5.21 Å². The van der Waals surface area contributed by atoms with Crippen LogP contribution in [-0.4, -0.2) is 35.1 Å². The first-order valence-electron chi connectivity index (χ1n) is 7.21. The van der Waals surface area contributed by atoms with E-state index in [1.54, 1.807) is 6.07 Å². The third-order valence-corrected chi connectivity index (χ3v) is 4.78. The van der Waals surface area contributed by atoms with Crippen molar-refractivity contribution in [2.75, 3.05) is 5.32 Å². The Bertz CT molecular complexity index is 738. The number of nitrogens with one attached hydrogen (secondary N) is 2. The van der Waals surface area contributed by atoms with Gasteiger partial charge in [-0.3, -0.25) is 0 Å². The lowest BCUT2D eigenvalue weighted by molar-refractivity contribution is 0.463. The molecule has 118 valence electrons. The molecule has 9 heteroatoms. The summed E-state index contributed by atoms with van der Waals surface area (Å²) in [6.45, 7) is 0. The molecular weight excluding hydrogens is 304 g/mol. The van der Waals surface area contributed by atoms with Gasteiger partial charge in [-0.25, -0.2) is 13.6 Å². The van der Waals surface area contributed by atoms with Gasteiger partial charge in [0.1, 0.15) is 0 Å². The molecule has 1 aromatic carbocycles. The van der Waals surface area contributed by atoms with Crippen molar-refractivity contribution in [2.24, 2.45) is 5.14 Å². The van der Waals surface area contributed by atoms with Crippen LogP contribution in [0.1, 0.15) is 32.1 Å². The van der Waals surface area contributed by atoms with E-state index in [2.05, 4.69) is 25.9 Å². The Kier molecular flexibility index (Phi) is 4.08. The molecule has 22 heavy (non-hydrogen) atoms. The zero-order valence-electron chi connectivity index (χ0n) is 12.0. The van der Waals surface area contributed by atoms with E-state index in [0.717, 1.165) is 18.5 Å². The zero-order valence-corrected chi connectivity index (χ0v) is 12.8. The van der Waals surface area contributed by atoms with Crippen molar-refractivity contribution < 1.29 is 8.42 Å². The molecular formula is C13H18N6O2S. The lowest BCUT2D eigenvalue weighted by Crippen LogP contribution is -2.22. The van der Waals surface area contributed by atoms with E-state index < -0.39 is 10.0 Å². The van der Waals surface area contributed by atoms with Gasteiger partial charge in [0.25, 0.3) is 0 Å². The number of H-pyrrole nitrogens is 1. The fourth-order valence-corrected chi connectivity index (χ4v) is 3.29. The van der Waals surface area contributed by atoms with Gasteiger partial charge in [0.2, 0.25) is 15.8 Å². The van der Waals surface area contributed by atoms with E-state index in [9.17, 15) is 8.42 Å². The number of hydrogen-bond acceptors (Lipinski definition) is 6. The first-order chi connectivity index (χ1) is 10.5. The summed E-state index contributed by atoms with van der Waals surface area (Å²) in [6, 6.07) is 5.05. The van der Waals surface area contributed by atoms with Crippen LogP contribution in [0.5, 0.6) is 0 Å². The number of nitrogens with two attached hydrogens (primary N) is 1. The molecule has 1 aromatic heterocycles. The summed E-state index contributed by atoms with van der Waals surface area (Å²) in [5, 5.41) is 22.5. The highest BCUT2D eigenvalue weighted by Crippen LogP contribution is 2.30. The number of tetrazole rings is 1. The van der Waals surface area contributed by atoms with Gasteiger partial charge < -0.3 is 5.32 Å². The van der Waals surface area contributed by atoms with Crippen molar-refractivity contribution >= 4 is 15.7 Å². The maximum absolute atomic E-state index is 11.5. The third kappa shape index (κ3) is 3.25. The minimum absolute atomic E-state index is 0.0292. The van der Waals surface area contributed by atoms with Crippen LogP contribution in [0.3, 0.4) is 0 Å². The lowest BCUT2D eigenvalue weighted by Gasteiger charge is -2.25. The van der Waals surface area contributed by atoms with Gasteiger partial charge in [-0.15, -0.1) is 10.2 Å². The van der Waals surface area contributed by atoms with Crippen LogP contribution in [0.25, 0.3) is 11.4 Å². The molecule has 4 N–H and O–H groups in total. The Labute approximate surface area is 128 Å². The Morgan fingerprint density at radius 3 is 2.64 bits per heavy atom. The van der Waals surface area contributed by atoms with Crippen molar-refractivity contribution in [2.45, 2.75) is 43.0 Å². The monoisotopic (exact) mass is 322 g/mol. The minimum atomic E-state index is -3.78. The molecule has 0 unspecified atom stereocenters. The summed E-state index contributed by atoms with van der Waals surface area (Å²) in [6.07, 6.45) is 5.86. The zero-order chi connectivity index (χ0) is 15.6. The SMILES string of the molecule is NS(=O)(=O)c1ccc(NC2CCCCC2)c(-c2nn[nH]n2)c1. The van der Waals surface area contributed by atoms with Crippen molar-refractivity contribution in [3.05, 3.63) is 18.2 Å². The number of nitrogens with zero attached hydrogens (tertiary/aromatic N) is 3. The highest BCUT2D eigenvalue weighted by molar-refractivity contribution is 7.89. The van der Waals surface area contributed by atoms with Crippen molar-refractivity contribution in [3.8, 4) is 11.4 Å². The molecule has 0 bridgehead atoms. The molecule has 1 aliphatic rings. The van der Waals surface area contributed by atoms with E-state index in [-0.39, 0.29) is 4.90 Å². The molecule has 1 heterocycles. The molecule has 0 spiro atoms. The van der Waals surface area contributed by atoms with E-state index in [0.29, 0.717) is 17.4 Å². The van der Waals surface area contributed by atoms with Crippen LogP contribution in [0.15, 0.2) is 23.1 Å². The van der Waals surface area contributed by atoms with E-state index in [1.165, 1.54) is 31.4 Å². The van der Waals surface area contributed by atoms with Crippen LogP contribution < -0.4 is 10.5 Å². The summed E-state index contributed by atoms with van der Waals surface area (Å²) in [5.41, 5.74) is 1.37. The van der Waals surface area contributed by atoms with Gasteiger partial charge in [0, 0.05) is 17.3 Å². The van der Waals surface area contributed by atoms with Crippen LogP contribution in [0, 0.1) is 0 Å². The van der Waals surface area contributed by atoms with E-state index in [1.807, 2.05) is 0 Å². The standard InChI is InChI=1S/C13H18N6O2S/c14-22(20,21)10-6-7-12(15-9-4-2-1-3-5-9)11(8-10)13-16-18-19-17-13/h6-9,15H,1-5H2,(H2,14,20,21)(H,16,17,18,19). The van der Waals surface area contributed by atoms with Crippen LogP contribution in [-0.2, 0) is 10.0 Å². The second kappa shape index (κ2) is 6.01. The minimum Gasteiger partial charge on any atom is -0.382 e. The molecule has 1 aliphatic carbocycles. The summed E-state index contributed by atoms with van der Waals surface area (Å²) in [5.74, 6) is 0.337. The number of rotatable bonds is 4.